The molecular formula is C16H11ClF2N2O3. The highest BCUT2D eigenvalue weighted by molar-refractivity contribution is 6.31. The Labute approximate surface area is 140 Å². The molecule has 5 nitrogen and oxygen atoms in total. The van der Waals surface area contributed by atoms with Gasteiger partial charge in [-0.15, -0.1) is 0 Å². The van der Waals surface area contributed by atoms with Gasteiger partial charge in [0.05, 0.1) is 5.56 Å². The number of hydrogen-bond acceptors (Lipinski definition) is 3. The Balaban J connectivity index is 1.86. The van der Waals surface area contributed by atoms with Crippen LogP contribution in [0, 0.1) is 0 Å². The Morgan fingerprint density at radius 2 is 2.04 bits per heavy atom. The minimum Gasteiger partial charge on any atom is -0.434 e. The minimum atomic E-state index is -3.07. The van der Waals surface area contributed by atoms with E-state index in [0.29, 0.717) is 17.8 Å². The SMILES string of the molecule is O=C1NCc2ccc(NC(=O)c3cc(Cl)ccc3OC(F)F)cc21. The van der Waals surface area contributed by atoms with Crippen LogP contribution in [0.3, 0.4) is 0 Å². The molecule has 2 aromatic rings. The first-order valence-electron chi connectivity index (χ1n) is 6.91. The first-order valence-corrected chi connectivity index (χ1v) is 7.28. The zero-order valence-electron chi connectivity index (χ0n) is 12.1. The summed E-state index contributed by atoms with van der Waals surface area (Å²) < 4.78 is 29.2. The molecule has 1 aliphatic rings. The van der Waals surface area contributed by atoms with Gasteiger partial charge in [-0.2, -0.15) is 8.78 Å². The summed E-state index contributed by atoms with van der Waals surface area (Å²) in [5, 5.41) is 5.41. The lowest BCUT2D eigenvalue weighted by molar-refractivity contribution is -0.0501. The largest absolute Gasteiger partial charge is 0.434 e. The summed E-state index contributed by atoms with van der Waals surface area (Å²) in [7, 11) is 0. The molecule has 2 N–H and O–H groups in total. The van der Waals surface area contributed by atoms with E-state index >= 15 is 0 Å². The molecular weight excluding hydrogens is 342 g/mol. The second-order valence-electron chi connectivity index (χ2n) is 5.03. The van der Waals surface area contributed by atoms with E-state index in [1.165, 1.54) is 24.3 Å². The predicted octanol–water partition coefficient (Wildman–Crippen LogP) is 3.44. The second kappa shape index (κ2) is 6.45. The molecule has 3 rings (SSSR count). The standard InChI is InChI=1S/C16H11ClF2N2O3/c17-9-2-4-13(24-16(18)19)12(5-9)15(23)21-10-3-1-8-7-20-14(22)11(8)6-10/h1-6,16H,7H2,(H,20,22)(H,21,23). The number of hydrogen-bond donors (Lipinski definition) is 2. The van der Waals surface area contributed by atoms with Gasteiger partial charge in [-0.3, -0.25) is 9.59 Å². The van der Waals surface area contributed by atoms with Crippen LogP contribution in [0.4, 0.5) is 14.5 Å². The molecule has 0 saturated carbocycles. The van der Waals surface area contributed by atoms with Crippen molar-refractivity contribution in [2.45, 2.75) is 13.2 Å². The highest BCUT2D eigenvalue weighted by Gasteiger charge is 2.21. The molecule has 0 aromatic heterocycles. The fourth-order valence-corrected chi connectivity index (χ4v) is 2.54. The molecule has 1 heterocycles. The van der Waals surface area contributed by atoms with Crippen LogP contribution in [0.25, 0.3) is 0 Å². The van der Waals surface area contributed by atoms with Crippen LogP contribution >= 0.6 is 11.6 Å². The summed E-state index contributed by atoms with van der Waals surface area (Å²) >= 11 is 5.82. The number of nitrogens with one attached hydrogen (secondary N) is 2. The summed E-state index contributed by atoms with van der Waals surface area (Å²) in [6.07, 6.45) is 0. The smallest absolute Gasteiger partial charge is 0.387 e. The highest BCUT2D eigenvalue weighted by atomic mass is 35.5. The van der Waals surface area contributed by atoms with Gasteiger partial charge in [-0.25, -0.2) is 0 Å². The van der Waals surface area contributed by atoms with Gasteiger partial charge in [0.1, 0.15) is 5.75 Å². The number of ether oxygens (including phenoxy) is 1. The first-order chi connectivity index (χ1) is 11.4. The molecule has 0 bridgehead atoms. The van der Waals surface area contributed by atoms with Gasteiger partial charge >= 0.3 is 6.61 Å². The molecule has 0 spiro atoms. The van der Waals surface area contributed by atoms with E-state index in [1.54, 1.807) is 12.1 Å². The fourth-order valence-electron chi connectivity index (χ4n) is 2.37. The number of carbonyl (C=O) groups is 2. The predicted molar refractivity (Wildman–Crippen MR) is 83.6 cm³/mol. The van der Waals surface area contributed by atoms with Crippen LogP contribution in [0.2, 0.25) is 5.02 Å². The number of anilines is 1. The van der Waals surface area contributed by atoms with Crippen LogP contribution in [-0.2, 0) is 6.54 Å². The molecule has 0 fully saturated rings. The Bertz CT molecular complexity index is 827. The number of halogens is 3. The molecule has 24 heavy (non-hydrogen) atoms. The van der Waals surface area contributed by atoms with Crippen molar-refractivity contribution in [2.24, 2.45) is 0 Å². The van der Waals surface area contributed by atoms with E-state index in [4.69, 9.17) is 11.6 Å². The molecule has 0 aliphatic carbocycles. The Kier molecular flexibility index (Phi) is 4.35. The average molecular weight is 353 g/mol. The minimum absolute atomic E-state index is 0.132. The third-order valence-corrected chi connectivity index (χ3v) is 3.69. The normalized spacial score (nSPS) is 12.8. The van der Waals surface area contributed by atoms with Crippen LogP contribution in [0.5, 0.6) is 5.75 Å². The molecule has 2 amide bonds. The van der Waals surface area contributed by atoms with Crippen molar-refractivity contribution in [2.75, 3.05) is 5.32 Å². The maximum absolute atomic E-state index is 12.5. The molecule has 0 saturated heterocycles. The summed E-state index contributed by atoms with van der Waals surface area (Å²) in [5.74, 6) is -1.19. The highest BCUT2D eigenvalue weighted by Crippen LogP contribution is 2.26. The van der Waals surface area contributed by atoms with Gasteiger partial charge in [0.15, 0.2) is 0 Å². The van der Waals surface area contributed by atoms with Gasteiger partial charge in [0.2, 0.25) is 0 Å². The van der Waals surface area contributed by atoms with Crippen molar-refractivity contribution in [1.82, 2.24) is 5.32 Å². The molecule has 8 heteroatoms. The van der Waals surface area contributed by atoms with Crippen molar-refractivity contribution in [1.29, 1.82) is 0 Å². The molecule has 1 aliphatic heterocycles. The third-order valence-electron chi connectivity index (χ3n) is 3.45. The van der Waals surface area contributed by atoms with Crippen LogP contribution in [0.15, 0.2) is 36.4 Å². The van der Waals surface area contributed by atoms with E-state index in [0.717, 1.165) is 5.56 Å². The second-order valence-corrected chi connectivity index (χ2v) is 5.46. The lowest BCUT2D eigenvalue weighted by Crippen LogP contribution is -2.16. The van der Waals surface area contributed by atoms with Gasteiger partial charge in [0.25, 0.3) is 11.8 Å². The number of alkyl halides is 2. The summed E-state index contributed by atoms with van der Waals surface area (Å²) in [6, 6.07) is 8.62. The van der Waals surface area contributed by atoms with Crippen molar-refractivity contribution in [3.05, 3.63) is 58.1 Å². The maximum atomic E-state index is 12.5. The number of fused-ring (bicyclic) bond motifs is 1. The number of amides is 2. The molecule has 124 valence electrons. The fraction of sp³-hybridized carbons (Fsp3) is 0.125. The zero-order chi connectivity index (χ0) is 17.3. The van der Waals surface area contributed by atoms with Crippen molar-refractivity contribution in [3.8, 4) is 5.75 Å². The average Bonchev–Trinajstić information content (AvgIpc) is 2.89. The lowest BCUT2D eigenvalue weighted by Gasteiger charge is -2.12. The van der Waals surface area contributed by atoms with E-state index in [1.807, 2.05) is 0 Å². The van der Waals surface area contributed by atoms with Gasteiger partial charge in [-0.1, -0.05) is 17.7 Å². The number of benzene rings is 2. The van der Waals surface area contributed by atoms with E-state index < -0.39 is 12.5 Å². The molecule has 0 atom stereocenters. The molecule has 2 aromatic carbocycles. The summed E-state index contributed by atoms with van der Waals surface area (Å²) in [4.78, 5) is 24.0. The molecule has 0 radical (unpaired) electrons. The summed E-state index contributed by atoms with van der Waals surface area (Å²) in [5.41, 5.74) is 1.51. The third kappa shape index (κ3) is 3.30. The maximum Gasteiger partial charge on any atom is 0.387 e. The van der Waals surface area contributed by atoms with Crippen LogP contribution in [-0.4, -0.2) is 18.4 Å². The summed E-state index contributed by atoms with van der Waals surface area (Å²) in [6.45, 7) is -2.63. The quantitative estimate of drug-likeness (QED) is 0.885. The van der Waals surface area contributed by atoms with Gasteiger partial charge in [-0.05, 0) is 35.9 Å². The van der Waals surface area contributed by atoms with Crippen LogP contribution < -0.4 is 15.4 Å². The van der Waals surface area contributed by atoms with Crippen molar-refractivity contribution >= 4 is 29.1 Å². The molecule has 0 unspecified atom stereocenters. The zero-order valence-corrected chi connectivity index (χ0v) is 12.9. The van der Waals surface area contributed by atoms with Crippen LogP contribution in [0.1, 0.15) is 26.3 Å². The number of rotatable bonds is 4. The van der Waals surface area contributed by atoms with Gasteiger partial charge < -0.3 is 15.4 Å². The monoisotopic (exact) mass is 352 g/mol. The Morgan fingerprint density at radius 1 is 1.25 bits per heavy atom. The Morgan fingerprint density at radius 3 is 2.79 bits per heavy atom. The van der Waals surface area contributed by atoms with Crippen molar-refractivity contribution < 1.29 is 23.1 Å². The van der Waals surface area contributed by atoms with E-state index in [2.05, 4.69) is 15.4 Å². The lowest BCUT2D eigenvalue weighted by atomic mass is 10.1. The van der Waals surface area contributed by atoms with E-state index in [-0.39, 0.29) is 22.2 Å². The van der Waals surface area contributed by atoms with Gasteiger partial charge in [0, 0.05) is 22.8 Å². The number of carbonyl (C=O) groups excluding carboxylic acids is 2. The topological polar surface area (TPSA) is 67.4 Å². The first kappa shape index (κ1) is 16.2. The van der Waals surface area contributed by atoms with E-state index in [9.17, 15) is 18.4 Å². The van der Waals surface area contributed by atoms with Crippen molar-refractivity contribution in [3.63, 3.8) is 0 Å². The Hall–Kier alpha value is -2.67.